The maximum atomic E-state index is 12.7. The van der Waals surface area contributed by atoms with Crippen LogP contribution in [-0.2, 0) is 4.79 Å². The number of Topliss-reactive ketones (excluding diaryl/α,β-unsaturated/α-hetero) is 1. The molecule has 1 radical (unpaired) electrons. The number of nitrogens with one attached hydrogen (secondary N) is 1. The van der Waals surface area contributed by atoms with E-state index in [1.165, 1.54) is 11.8 Å². The predicted octanol–water partition coefficient (Wildman–Crippen LogP) is 1.05. The van der Waals surface area contributed by atoms with Gasteiger partial charge in [-0.3, -0.25) is 9.59 Å². The summed E-state index contributed by atoms with van der Waals surface area (Å²) in [4.78, 5) is 35.9. The van der Waals surface area contributed by atoms with E-state index >= 15 is 0 Å². The minimum absolute atomic E-state index is 0.0659. The predicted molar refractivity (Wildman–Crippen MR) is 97.1 cm³/mol. The molecule has 2 N–H and O–H groups in total. The standard InChI is InChI=1S/C16H22BN4O3S/c1-17-20-14(24)11-7-12(23)10-8-18-15(25-2)19-13(10)21(11)16(9-22)5-3-4-6-16/h8,11,22H,3-7,9H2,1-2H3,(H,20,24). The number of fused-ring (bicyclic) bond motifs is 1. The Balaban J connectivity index is 2.14. The molecule has 9 heteroatoms. The molecule has 1 fully saturated rings. The molecule has 0 bridgehead atoms. The highest BCUT2D eigenvalue weighted by atomic mass is 32.2. The lowest BCUT2D eigenvalue weighted by Crippen LogP contribution is -2.62. The molecule has 7 nitrogen and oxygen atoms in total. The number of rotatable bonds is 5. The van der Waals surface area contributed by atoms with Gasteiger partial charge in [0.2, 0.25) is 13.3 Å². The molecule has 1 aromatic rings. The maximum Gasteiger partial charge on any atom is 0.242 e. The molecule has 1 atom stereocenters. The first kappa shape index (κ1) is 18.2. The molecule has 1 aromatic heterocycles. The number of carbonyl (C=O) groups is 2. The summed E-state index contributed by atoms with van der Waals surface area (Å²) < 4.78 is 0. The van der Waals surface area contributed by atoms with E-state index in [0.717, 1.165) is 25.7 Å². The lowest BCUT2D eigenvalue weighted by atomic mass is 9.87. The first-order chi connectivity index (χ1) is 12.1. The van der Waals surface area contributed by atoms with Gasteiger partial charge in [0.05, 0.1) is 17.7 Å². The Morgan fingerprint density at radius 2 is 2.24 bits per heavy atom. The third-order valence-corrected chi connectivity index (χ3v) is 5.64. The molecule has 0 spiro atoms. The van der Waals surface area contributed by atoms with Crippen molar-refractivity contribution < 1.29 is 14.7 Å². The first-order valence-electron chi connectivity index (χ1n) is 8.49. The molecular weight excluding hydrogens is 339 g/mol. The third kappa shape index (κ3) is 3.15. The molecule has 1 unspecified atom stereocenters. The lowest BCUT2D eigenvalue weighted by molar-refractivity contribution is -0.121. The highest BCUT2D eigenvalue weighted by molar-refractivity contribution is 7.98. The molecule has 1 amide bonds. The number of thioether (sulfide) groups is 1. The van der Waals surface area contributed by atoms with E-state index in [9.17, 15) is 14.7 Å². The third-order valence-electron chi connectivity index (χ3n) is 5.08. The summed E-state index contributed by atoms with van der Waals surface area (Å²) in [5.41, 5.74) is -0.128. The summed E-state index contributed by atoms with van der Waals surface area (Å²) in [5, 5.41) is 13.5. The van der Waals surface area contributed by atoms with Crippen molar-refractivity contribution in [3.05, 3.63) is 11.8 Å². The number of carbonyl (C=O) groups excluding carboxylic acids is 2. The van der Waals surface area contributed by atoms with Crippen molar-refractivity contribution in [3.63, 3.8) is 0 Å². The van der Waals surface area contributed by atoms with E-state index in [1.54, 1.807) is 20.4 Å². The van der Waals surface area contributed by atoms with Gasteiger partial charge in [-0.05, 0) is 19.1 Å². The zero-order chi connectivity index (χ0) is 18.0. The smallest absolute Gasteiger partial charge is 0.242 e. The van der Waals surface area contributed by atoms with E-state index in [4.69, 9.17) is 0 Å². The Hall–Kier alpha value is -1.61. The SMILES string of the molecule is C[B]NC(=O)C1CC(=O)c2cnc(SC)nc2N1C1(CO)CCCC1. The molecule has 1 aliphatic heterocycles. The van der Waals surface area contributed by atoms with E-state index in [2.05, 4.69) is 15.2 Å². The summed E-state index contributed by atoms with van der Waals surface area (Å²) in [6, 6.07) is -0.675. The van der Waals surface area contributed by atoms with E-state index in [1.807, 2.05) is 11.2 Å². The first-order valence-corrected chi connectivity index (χ1v) is 9.71. The fourth-order valence-corrected chi connectivity index (χ4v) is 4.21. The monoisotopic (exact) mass is 361 g/mol. The minimum atomic E-state index is -0.675. The Kier molecular flexibility index (Phi) is 5.33. The van der Waals surface area contributed by atoms with Crippen molar-refractivity contribution in [2.75, 3.05) is 17.8 Å². The van der Waals surface area contributed by atoms with Gasteiger partial charge in [-0.25, -0.2) is 9.97 Å². The second kappa shape index (κ2) is 7.33. The van der Waals surface area contributed by atoms with Crippen LogP contribution < -0.4 is 10.1 Å². The quantitative estimate of drug-likeness (QED) is 0.460. The molecule has 3 rings (SSSR count). The number of hydrogen-bond donors (Lipinski definition) is 2. The average Bonchev–Trinajstić information content (AvgIpc) is 3.11. The zero-order valence-corrected chi connectivity index (χ0v) is 15.3. The van der Waals surface area contributed by atoms with Crippen molar-refractivity contribution in [2.45, 2.75) is 55.7 Å². The fourth-order valence-electron chi connectivity index (χ4n) is 3.87. The molecule has 2 heterocycles. The lowest BCUT2D eigenvalue weighted by Gasteiger charge is -2.47. The Morgan fingerprint density at radius 1 is 1.52 bits per heavy atom. The Labute approximate surface area is 152 Å². The van der Waals surface area contributed by atoms with Crippen LogP contribution in [0.15, 0.2) is 11.4 Å². The molecule has 0 aromatic carbocycles. The highest BCUT2D eigenvalue weighted by Gasteiger charge is 2.49. The van der Waals surface area contributed by atoms with Crippen molar-refractivity contribution in [2.24, 2.45) is 0 Å². The van der Waals surface area contributed by atoms with Crippen molar-refractivity contribution in [1.82, 2.24) is 15.2 Å². The van der Waals surface area contributed by atoms with Gasteiger partial charge in [-0.2, -0.15) is 0 Å². The van der Waals surface area contributed by atoms with Crippen LogP contribution in [0.25, 0.3) is 0 Å². The van der Waals surface area contributed by atoms with Crippen LogP contribution in [0.5, 0.6) is 0 Å². The Bertz CT molecular complexity index is 681. The van der Waals surface area contributed by atoms with Gasteiger partial charge >= 0.3 is 0 Å². The van der Waals surface area contributed by atoms with Crippen molar-refractivity contribution >= 4 is 36.7 Å². The van der Waals surface area contributed by atoms with E-state index in [0.29, 0.717) is 16.5 Å². The maximum absolute atomic E-state index is 12.7. The van der Waals surface area contributed by atoms with Gasteiger partial charge in [0.15, 0.2) is 10.9 Å². The van der Waals surface area contributed by atoms with Crippen LogP contribution in [0.1, 0.15) is 42.5 Å². The Morgan fingerprint density at radius 3 is 2.84 bits per heavy atom. The summed E-state index contributed by atoms with van der Waals surface area (Å²) >= 11 is 1.38. The fraction of sp³-hybridized carbons (Fsp3) is 0.625. The van der Waals surface area contributed by atoms with Gasteiger partial charge in [-0.15, -0.1) is 0 Å². The number of aliphatic hydroxyl groups excluding tert-OH is 1. The van der Waals surface area contributed by atoms with Crippen LogP contribution in [0.4, 0.5) is 5.82 Å². The second-order valence-corrected chi connectivity index (χ2v) is 7.27. The molecular formula is C16H22BN4O3S. The number of amides is 1. The van der Waals surface area contributed by atoms with E-state index in [-0.39, 0.29) is 24.7 Å². The number of nitrogens with zero attached hydrogens (tertiary/aromatic N) is 3. The van der Waals surface area contributed by atoms with Crippen LogP contribution in [0.3, 0.4) is 0 Å². The zero-order valence-electron chi connectivity index (χ0n) is 14.5. The number of aliphatic hydroxyl groups is 1. The summed E-state index contributed by atoms with van der Waals surface area (Å²) in [5.74, 6) is 0.0922. The minimum Gasteiger partial charge on any atom is -0.402 e. The highest BCUT2D eigenvalue weighted by Crippen LogP contribution is 2.43. The van der Waals surface area contributed by atoms with E-state index < -0.39 is 11.6 Å². The van der Waals surface area contributed by atoms with Gasteiger partial charge in [0, 0.05) is 12.6 Å². The molecule has 2 aliphatic rings. The van der Waals surface area contributed by atoms with Crippen LogP contribution >= 0.6 is 11.8 Å². The average molecular weight is 361 g/mol. The van der Waals surface area contributed by atoms with Crippen LogP contribution in [-0.4, -0.2) is 58.6 Å². The summed E-state index contributed by atoms with van der Waals surface area (Å²) in [6.45, 7) is 1.66. The molecule has 1 saturated carbocycles. The summed E-state index contributed by atoms with van der Waals surface area (Å²) in [6.07, 6.45) is 6.99. The normalized spacial score (nSPS) is 21.8. The molecule has 0 saturated heterocycles. The van der Waals surface area contributed by atoms with Crippen molar-refractivity contribution in [1.29, 1.82) is 0 Å². The van der Waals surface area contributed by atoms with Crippen LogP contribution in [0, 0.1) is 0 Å². The number of hydrogen-bond acceptors (Lipinski definition) is 7. The number of ketones is 1. The molecule has 1 aliphatic carbocycles. The molecule has 133 valence electrons. The van der Waals surface area contributed by atoms with Gasteiger partial charge in [0.25, 0.3) is 0 Å². The topological polar surface area (TPSA) is 95.4 Å². The largest absolute Gasteiger partial charge is 0.402 e. The van der Waals surface area contributed by atoms with Crippen molar-refractivity contribution in [3.8, 4) is 0 Å². The molecule has 25 heavy (non-hydrogen) atoms. The van der Waals surface area contributed by atoms with Gasteiger partial charge in [-0.1, -0.05) is 31.4 Å². The number of anilines is 1. The van der Waals surface area contributed by atoms with Gasteiger partial charge in [0.1, 0.15) is 11.9 Å². The van der Waals surface area contributed by atoms with Gasteiger partial charge < -0.3 is 15.2 Å². The summed E-state index contributed by atoms with van der Waals surface area (Å²) in [7, 11) is 1.56. The second-order valence-electron chi connectivity index (χ2n) is 6.49. The number of aromatic nitrogens is 2. The van der Waals surface area contributed by atoms with Crippen LogP contribution in [0.2, 0.25) is 6.82 Å².